The van der Waals surface area contributed by atoms with E-state index in [-0.39, 0.29) is 12.5 Å². The highest BCUT2D eigenvalue weighted by Crippen LogP contribution is 2.19. The van der Waals surface area contributed by atoms with Gasteiger partial charge in [0, 0.05) is 25.5 Å². The lowest BCUT2D eigenvalue weighted by Crippen LogP contribution is -2.35. The lowest BCUT2D eigenvalue weighted by molar-refractivity contribution is -0.128. The molecular weight excluding hydrogens is 266 g/mol. The SMILES string of the molecule is CCN(CC)C(=O)CNc1nccn2nc(C(C)C)cc12. The largest absolute Gasteiger partial charge is 0.359 e. The van der Waals surface area contributed by atoms with Crippen LogP contribution in [0.3, 0.4) is 0 Å². The fourth-order valence-electron chi connectivity index (χ4n) is 2.21. The van der Waals surface area contributed by atoms with E-state index < -0.39 is 0 Å². The van der Waals surface area contributed by atoms with Crippen LogP contribution in [0.1, 0.15) is 39.3 Å². The maximum Gasteiger partial charge on any atom is 0.241 e. The Kier molecular flexibility index (Phi) is 4.77. The average molecular weight is 289 g/mol. The van der Waals surface area contributed by atoms with Crippen molar-refractivity contribution in [3.8, 4) is 0 Å². The summed E-state index contributed by atoms with van der Waals surface area (Å²) < 4.78 is 1.80. The lowest BCUT2D eigenvalue weighted by Gasteiger charge is -2.18. The Morgan fingerprint density at radius 3 is 2.71 bits per heavy atom. The van der Waals surface area contributed by atoms with E-state index in [1.165, 1.54) is 0 Å². The van der Waals surface area contributed by atoms with Crippen molar-refractivity contribution in [3.63, 3.8) is 0 Å². The Morgan fingerprint density at radius 1 is 1.38 bits per heavy atom. The number of anilines is 1. The molecular formula is C15H23N5O. The van der Waals surface area contributed by atoms with Gasteiger partial charge in [0.1, 0.15) is 5.52 Å². The Hall–Kier alpha value is -2.11. The molecule has 0 atom stereocenters. The molecule has 0 spiro atoms. The molecule has 0 saturated carbocycles. The summed E-state index contributed by atoms with van der Waals surface area (Å²) in [6.45, 7) is 9.85. The van der Waals surface area contributed by atoms with Gasteiger partial charge in [0.2, 0.25) is 5.91 Å². The van der Waals surface area contributed by atoms with E-state index in [0.29, 0.717) is 11.7 Å². The van der Waals surface area contributed by atoms with Gasteiger partial charge in [-0.2, -0.15) is 5.10 Å². The second kappa shape index (κ2) is 6.56. The van der Waals surface area contributed by atoms with Crippen molar-refractivity contribution in [2.75, 3.05) is 25.0 Å². The number of carbonyl (C=O) groups is 1. The van der Waals surface area contributed by atoms with Crippen LogP contribution in [-0.2, 0) is 4.79 Å². The molecule has 0 saturated heterocycles. The number of fused-ring (bicyclic) bond motifs is 1. The summed E-state index contributed by atoms with van der Waals surface area (Å²) in [6.07, 6.45) is 3.51. The zero-order chi connectivity index (χ0) is 15.4. The Balaban J connectivity index is 2.17. The number of hydrogen-bond donors (Lipinski definition) is 1. The van der Waals surface area contributed by atoms with Gasteiger partial charge in [-0.05, 0) is 25.8 Å². The van der Waals surface area contributed by atoms with Gasteiger partial charge in [0.15, 0.2) is 5.82 Å². The van der Waals surface area contributed by atoms with Crippen LogP contribution >= 0.6 is 0 Å². The summed E-state index contributed by atoms with van der Waals surface area (Å²) in [7, 11) is 0. The van der Waals surface area contributed by atoms with E-state index in [9.17, 15) is 4.79 Å². The van der Waals surface area contributed by atoms with Gasteiger partial charge in [-0.3, -0.25) is 4.79 Å². The molecule has 6 nitrogen and oxygen atoms in total. The van der Waals surface area contributed by atoms with E-state index in [1.807, 2.05) is 26.1 Å². The van der Waals surface area contributed by atoms with Gasteiger partial charge < -0.3 is 10.2 Å². The first kappa shape index (κ1) is 15.3. The number of nitrogens with one attached hydrogen (secondary N) is 1. The molecule has 2 aromatic heterocycles. The molecule has 0 bridgehead atoms. The van der Waals surface area contributed by atoms with E-state index >= 15 is 0 Å². The van der Waals surface area contributed by atoms with Crippen molar-refractivity contribution in [2.45, 2.75) is 33.6 Å². The van der Waals surface area contributed by atoms with Crippen LogP contribution < -0.4 is 5.32 Å². The average Bonchev–Trinajstić information content (AvgIpc) is 2.91. The molecule has 2 rings (SSSR count). The number of hydrogen-bond acceptors (Lipinski definition) is 4. The predicted octanol–water partition coefficient (Wildman–Crippen LogP) is 2.13. The molecule has 0 radical (unpaired) electrons. The molecule has 0 fully saturated rings. The number of carbonyl (C=O) groups excluding carboxylic acids is 1. The molecule has 0 aliphatic rings. The molecule has 114 valence electrons. The third-order valence-electron chi connectivity index (χ3n) is 3.52. The normalized spacial score (nSPS) is 11.1. The Morgan fingerprint density at radius 2 is 2.10 bits per heavy atom. The molecule has 1 amide bonds. The van der Waals surface area contributed by atoms with Crippen molar-refractivity contribution < 1.29 is 4.79 Å². The van der Waals surface area contributed by atoms with E-state index in [1.54, 1.807) is 15.6 Å². The minimum atomic E-state index is 0.0763. The van der Waals surface area contributed by atoms with Gasteiger partial charge in [0.25, 0.3) is 0 Å². The lowest BCUT2D eigenvalue weighted by atomic mass is 10.1. The van der Waals surface area contributed by atoms with E-state index in [2.05, 4.69) is 29.2 Å². The summed E-state index contributed by atoms with van der Waals surface area (Å²) in [4.78, 5) is 18.2. The van der Waals surface area contributed by atoms with Gasteiger partial charge >= 0.3 is 0 Å². The smallest absolute Gasteiger partial charge is 0.241 e. The van der Waals surface area contributed by atoms with Crippen LogP contribution in [0.15, 0.2) is 18.5 Å². The summed E-state index contributed by atoms with van der Waals surface area (Å²) in [5.74, 6) is 1.12. The fourth-order valence-corrected chi connectivity index (χ4v) is 2.21. The summed E-state index contributed by atoms with van der Waals surface area (Å²) in [5.41, 5.74) is 1.91. The van der Waals surface area contributed by atoms with Gasteiger partial charge in [-0.25, -0.2) is 9.50 Å². The molecule has 0 unspecified atom stereocenters. The van der Waals surface area contributed by atoms with Gasteiger partial charge in [0.05, 0.1) is 12.2 Å². The molecule has 21 heavy (non-hydrogen) atoms. The quantitative estimate of drug-likeness (QED) is 0.885. The molecule has 0 aromatic carbocycles. The number of amides is 1. The highest BCUT2D eigenvalue weighted by Gasteiger charge is 2.12. The molecule has 0 aliphatic carbocycles. The number of rotatable bonds is 6. The first-order chi connectivity index (χ1) is 10.1. The first-order valence-electron chi connectivity index (χ1n) is 7.42. The molecule has 0 aliphatic heterocycles. The van der Waals surface area contributed by atoms with Crippen molar-refractivity contribution in [2.24, 2.45) is 0 Å². The number of nitrogens with zero attached hydrogens (tertiary/aromatic N) is 4. The molecule has 1 N–H and O–H groups in total. The van der Waals surface area contributed by atoms with Gasteiger partial charge in [-0.15, -0.1) is 0 Å². The van der Waals surface area contributed by atoms with Crippen molar-refractivity contribution in [3.05, 3.63) is 24.2 Å². The van der Waals surface area contributed by atoms with Gasteiger partial charge in [-0.1, -0.05) is 13.8 Å². The molecule has 2 aromatic rings. The minimum absolute atomic E-state index is 0.0763. The van der Waals surface area contributed by atoms with Crippen molar-refractivity contribution in [1.82, 2.24) is 19.5 Å². The first-order valence-corrected chi connectivity index (χ1v) is 7.42. The summed E-state index contributed by atoms with van der Waals surface area (Å²) >= 11 is 0. The summed E-state index contributed by atoms with van der Waals surface area (Å²) in [5, 5.41) is 7.63. The van der Waals surface area contributed by atoms with Crippen molar-refractivity contribution >= 4 is 17.2 Å². The third kappa shape index (κ3) is 3.32. The van der Waals surface area contributed by atoms with Crippen LogP contribution in [0.4, 0.5) is 5.82 Å². The maximum atomic E-state index is 12.0. The highest BCUT2D eigenvalue weighted by molar-refractivity contribution is 5.82. The van der Waals surface area contributed by atoms with Crippen LogP contribution in [0, 0.1) is 0 Å². The zero-order valence-electron chi connectivity index (χ0n) is 13.1. The van der Waals surface area contributed by atoms with Crippen LogP contribution in [0.5, 0.6) is 0 Å². The molecule has 2 heterocycles. The minimum Gasteiger partial charge on any atom is -0.359 e. The third-order valence-corrected chi connectivity index (χ3v) is 3.52. The van der Waals surface area contributed by atoms with E-state index in [0.717, 1.165) is 24.3 Å². The topological polar surface area (TPSA) is 62.5 Å². The maximum absolute atomic E-state index is 12.0. The summed E-state index contributed by atoms with van der Waals surface area (Å²) in [6, 6.07) is 2.02. The zero-order valence-corrected chi connectivity index (χ0v) is 13.1. The van der Waals surface area contributed by atoms with E-state index in [4.69, 9.17) is 0 Å². The number of aromatic nitrogens is 3. The van der Waals surface area contributed by atoms with Crippen LogP contribution in [0.2, 0.25) is 0 Å². The molecule has 6 heteroatoms. The second-order valence-electron chi connectivity index (χ2n) is 5.25. The Bertz CT molecular complexity index is 616. The monoisotopic (exact) mass is 289 g/mol. The number of likely N-dealkylation sites (N-methyl/N-ethyl adjacent to an activating group) is 1. The predicted molar refractivity (Wildman–Crippen MR) is 83.5 cm³/mol. The Labute approximate surface area is 125 Å². The second-order valence-corrected chi connectivity index (χ2v) is 5.25. The highest BCUT2D eigenvalue weighted by atomic mass is 16.2. The standard InChI is InChI=1S/C15H23N5O/c1-5-19(6-2)14(21)10-17-15-13-9-12(11(3)4)18-20(13)8-7-16-15/h7-9,11H,5-6,10H2,1-4H3,(H,16,17). The van der Waals surface area contributed by atoms with Crippen LogP contribution in [-0.4, -0.2) is 45.0 Å². The fraction of sp³-hybridized carbons (Fsp3) is 0.533. The van der Waals surface area contributed by atoms with Crippen molar-refractivity contribution in [1.29, 1.82) is 0 Å². The van der Waals surface area contributed by atoms with Crippen LogP contribution in [0.25, 0.3) is 5.52 Å².